The summed E-state index contributed by atoms with van der Waals surface area (Å²) in [5.41, 5.74) is 0.372. The summed E-state index contributed by atoms with van der Waals surface area (Å²) in [5, 5.41) is 14.3. The number of nitrogens with zero attached hydrogens (tertiary/aromatic N) is 3. The van der Waals surface area contributed by atoms with Crippen molar-refractivity contribution in [2.24, 2.45) is 11.3 Å². The first kappa shape index (κ1) is 43.4. The summed E-state index contributed by atoms with van der Waals surface area (Å²) in [5.74, 6) is -1.68. The number of aliphatic hydroxyl groups is 1. The molecule has 6 heterocycles. The summed E-state index contributed by atoms with van der Waals surface area (Å²) in [4.78, 5) is 66.5. The van der Waals surface area contributed by atoms with Crippen LogP contribution in [0.25, 0.3) is 10.9 Å². The normalized spacial score (nSPS) is 32.6. The molecule has 2 bridgehead atoms. The van der Waals surface area contributed by atoms with Gasteiger partial charge in [0.05, 0.1) is 40.2 Å². The van der Waals surface area contributed by atoms with Gasteiger partial charge in [-0.1, -0.05) is 37.6 Å². The molecule has 63 heavy (non-hydrogen) atoms. The Balaban J connectivity index is 1.34. The van der Waals surface area contributed by atoms with Gasteiger partial charge in [0.1, 0.15) is 11.2 Å². The fourth-order valence-corrected chi connectivity index (χ4v) is 13.9. The largest absolute Gasteiger partial charge is 0.496 e. The number of thioether (sulfide) groups is 1. The van der Waals surface area contributed by atoms with Crippen LogP contribution in [0.15, 0.2) is 59.0 Å². The molecule has 15 heteroatoms. The van der Waals surface area contributed by atoms with E-state index < -0.39 is 51.9 Å². The number of likely N-dealkylation sites (N-methyl/N-ethyl adjacent to an activating group) is 1. The molecule has 2 fully saturated rings. The van der Waals surface area contributed by atoms with Crippen molar-refractivity contribution < 1.29 is 48.0 Å². The van der Waals surface area contributed by atoms with Gasteiger partial charge in [0.15, 0.2) is 6.10 Å². The maximum absolute atomic E-state index is 15.4. The van der Waals surface area contributed by atoms with Crippen LogP contribution in [0, 0.1) is 11.3 Å². The third kappa shape index (κ3) is 6.01. The van der Waals surface area contributed by atoms with E-state index in [-0.39, 0.29) is 23.7 Å². The number of rotatable bonds is 10. The summed E-state index contributed by atoms with van der Waals surface area (Å²) in [6.45, 7) is 8.86. The molecule has 1 aromatic heterocycles. The van der Waals surface area contributed by atoms with Crippen LogP contribution >= 0.6 is 11.8 Å². The first-order valence-electron chi connectivity index (χ1n) is 21.9. The number of hydrogen-bond donors (Lipinski definition) is 2. The Kier molecular flexibility index (Phi) is 10.8. The second kappa shape index (κ2) is 15.7. The minimum absolute atomic E-state index is 0.0353. The first-order chi connectivity index (χ1) is 30.2. The standard InChI is InChI=1S/C48H58N4O10S/c1-9-28-18-29-22-47(43(55)60-7,39-32(25-51(23-28)24-29)31-19-30(12-13-35(31)49-39)63-26-38(54)59-6)34-20-33-36(21-37(34)58-5)50(4)41-46(33)15-17-52-16-11-14-45(10-2,40(46)52)42(62-27(3)53)48(41,57)44(56)61-8/h11-14,18-21,29,40-42,49,57H,9-10,15-17,22-26H2,1-8H3/t29-,40+,41-,42-,45-,46-,47+,48+/m1/s1. The highest BCUT2D eigenvalue weighted by Crippen LogP contribution is 2.68. The molecule has 336 valence electrons. The molecule has 9 rings (SSSR count). The van der Waals surface area contributed by atoms with E-state index in [1.54, 1.807) is 7.11 Å². The van der Waals surface area contributed by atoms with Gasteiger partial charge in [-0.2, -0.15) is 0 Å². The number of carbonyl (C=O) groups excluding carboxylic acids is 4. The fourth-order valence-electron chi connectivity index (χ4n) is 13.2. The zero-order valence-corrected chi connectivity index (χ0v) is 38.2. The Labute approximate surface area is 372 Å². The van der Waals surface area contributed by atoms with Crippen LogP contribution in [0.5, 0.6) is 5.75 Å². The summed E-state index contributed by atoms with van der Waals surface area (Å²) >= 11 is 1.40. The SMILES string of the molecule is CCC1=C[C@H]2CN(C1)Cc1c([nH]c3ccc(SCC(=O)OC)cc13)[C@@](C(=O)OC)(c1cc3c(cc1OC)N(C)[C@H]1[C@@](O)(C(=O)OC)[C@H](OC(C)=O)[C@]4(CC)C=CCN5CC[C@]31[C@@H]54)C2. The zero-order chi connectivity index (χ0) is 44.8. The smallest absolute Gasteiger partial charge is 0.344 e. The highest BCUT2D eigenvalue weighted by Gasteiger charge is 2.80. The maximum Gasteiger partial charge on any atom is 0.344 e. The second-order valence-corrected chi connectivity index (χ2v) is 19.3. The lowest BCUT2D eigenvalue weighted by molar-refractivity contribution is -0.228. The molecule has 0 amide bonds. The van der Waals surface area contributed by atoms with Gasteiger partial charge in [-0.3, -0.25) is 24.2 Å². The highest BCUT2D eigenvalue weighted by atomic mass is 32.2. The predicted molar refractivity (Wildman–Crippen MR) is 237 cm³/mol. The van der Waals surface area contributed by atoms with Crippen LogP contribution in [0.3, 0.4) is 0 Å². The number of fused-ring (bicyclic) bond motifs is 6. The van der Waals surface area contributed by atoms with Crippen molar-refractivity contribution in [2.75, 3.05) is 72.3 Å². The van der Waals surface area contributed by atoms with E-state index in [0.717, 1.165) is 52.1 Å². The van der Waals surface area contributed by atoms with E-state index in [9.17, 15) is 19.5 Å². The van der Waals surface area contributed by atoms with E-state index in [4.69, 9.17) is 23.7 Å². The Morgan fingerprint density at radius 3 is 2.43 bits per heavy atom. The van der Waals surface area contributed by atoms with Crippen molar-refractivity contribution in [3.63, 3.8) is 0 Å². The van der Waals surface area contributed by atoms with Gasteiger partial charge in [-0.15, -0.1) is 11.8 Å². The third-order valence-electron chi connectivity index (χ3n) is 15.4. The summed E-state index contributed by atoms with van der Waals surface area (Å²) < 4.78 is 28.9. The molecule has 0 radical (unpaired) electrons. The van der Waals surface area contributed by atoms with Gasteiger partial charge in [0.2, 0.25) is 5.60 Å². The molecule has 1 saturated heterocycles. The van der Waals surface area contributed by atoms with Crippen molar-refractivity contribution in [3.8, 4) is 5.75 Å². The van der Waals surface area contributed by atoms with Crippen LogP contribution in [0.4, 0.5) is 5.69 Å². The number of esters is 4. The summed E-state index contributed by atoms with van der Waals surface area (Å²) in [7, 11) is 7.52. The Hall–Kier alpha value is -4.83. The van der Waals surface area contributed by atoms with Gasteiger partial charge in [-0.05, 0) is 73.5 Å². The quantitative estimate of drug-likeness (QED) is 0.121. The Bertz CT molecular complexity index is 2470. The number of anilines is 1. The van der Waals surface area contributed by atoms with E-state index in [2.05, 4.69) is 46.0 Å². The van der Waals surface area contributed by atoms with Gasteiger partial charge < -0.3 is 38.7 Å². The number of aromatic nitrogens is 1. The molecule has 1 unspecified atom stereocenters. The van der Waals surface area contributed by atoms with Crippen LogP contribution in [-0.2, 0) is 55.5 Å². The summed E-state index contributed by atoms with van der Waals surface area (Å²) in [6.07, 6.45) is 7.41. The van der Waals surface area contributed by atoms with Gasteiger partial charge >= 0.3 is 23.9 Å². The van der Waals surface area contributed by atoms with Crippen LogP contribution in [0.2, 0.25) is 0 Å². The maximum atomic E-state index is 15.4. The Morgan fingerprint density at radius 1 is 0.968 bits per heavy atom. The van der Waals surface area contributed by atoms with Crippen LogP contribution in [-0.4, -0.2) is 135 Å². The monoisotopic (exact) mass is 882 g/mol. The molecule has 5 aliphatic heterocycles. The lowest BCUT2D eigenvalue weighted by Gasteiger charge is -2.63. The molecule has 2 N–H and O–H groups in total. The molecular weight excluding hydrogens is 825 g/mol. The summed E-state index contributed by atoms with van der Waals surface area (Å²) in [6, 6.07) is 8.85. The number of carbonyl (C=O) groups is 4. The molecule has 1 spiro atoms. The number of benzene rings is 2. The van der Waals surface area contributed by atoms with E-state index in [0.29, 0.717) is 55.9 Å². The molecular formula is C48H58N4O10S. The topological polar surface area (TPSA) is 160 Å². The fraction of sp³-hybridized carbons (Fsp3) is 0.542. The number of methoxy groups -OCH3 is 4. The van der Waals surface area contributed by atoms with Crippen molar-refractivity contribution in [3.05, 3.63) is 76.5 Å². The molecule has 9 atom stereocenters. The Morgan fingerprint density at radius 2 is 1.75 bits per heavy atom. The van der Waals surface area contributed by atoms with Gasteiger partial charge in [0.25, 0.3) is 0 Å². The minimum Gasteiger partial charge on any atom is -0.496 e. The number of H-pyrrole nitrogens is 1. The van der Waals surface area contributed by atoms with Crippen molar-refractivity contribution >= 4 is 52.2 Å². The number of ether oxygens (including phenoxy) is 5. The molecule has 3 aromatic rings. The average Bonchev–Trinajstić information content (AvgIpc) is 3.93. The third-order valence-corrected chi connectivity index (χ3v) is 16.4. The minimum atomic E-state index is -2.31. The molecule has 1 aliphatic carbocycles. The second-order valence-electron chi connectivity index (χ2n) is 18.2. The first-order valence-corrected chi connectivity index (χ1v) is 22.9. The van der Waals surface area contributed by atoms with Gasteiger partial charge in [0, 0.05) is 95.8 Å². The lowest BCUT2D eigenvalue weighted by atomic mass is 9.47. The van der Waals surface area contributed by atoms with E-state index in [1.807, 2.05) is 43.1 Å². The van der Waals surface area contributed by atoms with E-state index >= 15 is 4.79 Å². The molecule has 2 aromatic carbocycles. The van der Waals surface area contributed by atoms with Crippen molar-refractivity contribution in [2.45, 2.75) is 92.5 Å². The van der Waals surface area contributed by atoms with Gasteiger partial charge in [-0.25, -0.2) is 4.79 Å². The van der Waals surface area contributed by atoms with Crippen LogP contribution in [0.1, 0.15) is 68.8 Å². The van der Waals surface area contributed by atoms with Crippen molar-refractivity contribution in [1.29, 1.82) is 0 Å². The average molecular weight is 883 g/mol. The predicted octanol–water partition coefficient (Wildman–Crippen LogP) is 5.02. The van der Waals surface area contributed by atoms with E-state index in [1.165, 1.54) is 45.6 Å². The van der Waals surface area contributed by atoms with Crippen LogP contribution < -0.4 is 9.64 Å². The molecule has 6 aliphatic rings. The number of nitrogens with one attached hydrogen (secondary N) is 1. The lowest BCUT2D eigenvalue weighted by Crippen LogP contribution is -2.81. The molecule has 14 nitrogen and oxygen atoms in total. The number of aromatic amines is 1. The van der Waals surface area contributed by atoms with Crippen molar-refractivity contribution in [1.82, 2.24) is 14.8 Å². The number of hydrogen-bond acceptors (Lipinski definition) is 14. The molecule has 1 saturated carbocycles. The highest BCUT2D eigenvalue weighted by molar-refractivity contribution is 8.00. The zero-order valence-electron chi connectivity index (χ0n) is 37.4.